The molecular weight excluding hydrogens is 114 g/mol. The van der Waals surface area contributed by atoms with E-state index in [1.165, 1.54) is 0 Å². The van der Waals surface area contributed by atoms with Gasteiger partial charge in [-0.05, 0) is 0 Å². The summed E-state index contributed by atoms with van der Waals surface area (Å²) in [6.07, 6.45) is 3.32. The monoisotopic (exact) mass is 123 g/mol. The van der Waals surface area contributed by atoms with Crippen molar-refractivity contribution >= 4 is 12.4 Å². The first kappa shape index (κ1) is 10.0. The van der Waals surface area contributed by atoms with Crippen molar-refractivity contribution in [2.45, 2.75) is 0 Å². The summed E-state index contributed by atoms with van der Waals surface area (Å²) in [5.41, 5.74) is 5.02. The summed E-state index contributed by atoms with van der Waals surface area (Å²) < 4.78 is 0. The SMILES string of the molecule is Cl.NC/C=C\CO. The Kier molecular flexibility index (Phi) is 13.4. The summed E-state index contributed by atoms with van der Waals surface area (Å²) in [6, 6.07) is 0. The summed E-state index contributed by atoms with van der Waals surface area (Å²) in [6.45, 7) is 0.609. The van der Waals surface area contributed by atoms with Gasteiger partial charge >= 0.3 is 0 Å². The number of rotatable bonds is 2. The van der Waals surface area contributed by atoms with E-state index >= 15 is 0 Å². The maximum Gasteiger partial charge on any atom is 0.0612 e. The lowest BCUT2D eigenvalue weighted by molar-refractivity contribution is 0.342. The average molecular weight is 124 g/mol. The summed E-state index contributed by atoms with van der Waals surface area (Å²) >= 11 is 0. The molecule has 0 saturated heterocycles. The molecule has 0 amide bonds. The van der Waals surface area contributed by atoms with Crippen LogP contribution in [0, 0.1) is 0 Å². The normalized spacial score (nSPS) is 8.86. The van der Waals surface area contributed by atoms with E-state index in [1.807, 2.05) is 0 Å². The maximum absolute atomic E-state index is 8.06. The topological polar surface area (TPSA) is 46.2 Å². The number of hydrogen-bond donors (Lipinski definition) is 2. The van der Waals surface area contributed by atoms with Crippen LogP contribution < -0.4 is 5.73 Å². The lowest BCUT2D eigenvalue weighted by Gasteiger charge is -1.73. The minimum atomic E-state index is 0. The Labute approximate surface area is 49.4 Å². The van der Waals surface area contributed by atoms with E-state index in [0.717, 1.165) is 0 Å². The van der Waals surface area contributed by atoms with Gasteiger partial charge in [-0.25, -0.2) is 0 Å². The highest BCUT2D eigenvalue weighted by atomic mass is 35.5. The van der Waals surface area contributed by atoms with Gasteiger partial charge in [0.15, 0.2) is 0 Å². The minimum absolute atomic E-state index is 0. The second kappa shape index (κ2) is 9.34. The smallest absolute Gasteiger partial charge is 0.0612 e. The number of aliphatic hydroxyl groups excluding tert-OH is 1. The van der Waals surface area contributed by atoms with Crippen LogP contribution in [0.2, 0.25) is 0 Å². The summed E-state index contributed by atoms with van der Waals surface area (Å²) in [7, 11) is 0. The van der Waals surface area contributed by atoms with E-state index in [9.17, 15) is 0 Å². The zero-order chi connectivity index (χ0) is 4.83. The van der Waals surface area contributed by atoms with Crippen LogP contribution in [0.4, 0.5) is 0 Å². The molecule has 0 unspecified atom stereocenters. The second-order valence-electron chi connectivity index (χ2n) is 0.890. The van der Waals surface area contributed by atoms with Crippen molar-refractivity contribution < 1.29 is 5.11 Å². The Hall–Kier alpha value is -0.0500. The molecule has 0 bridgehead atoms. The number of nitrogens with two attached hydrogens (primary N) is 1. The van der Waals surface area contributed by atoms with Crippen LogP contribution in [0.15, 0.2) is 12.2 Å². The molecule has 7 heavy (non-hydrogen) atoms. The van der Waals surface area contributed by atoms with Gasteiger partial charge in [-0.2, -0.15) is 0 Å². The van der Waals surface area contributed by atoms with Crippen molar-refractivity contribution in [3.63, 3.8) is 0 Å². The molecule has 0 aliphatic heterocycles. The minimum Gasteiger partial charge on any atom is -0.392 e. The van der Waals surface area contributed by atoms with E-state index in [-0.39, 0.29) is 19.0 Å². The first-order chi connectivity index (χ1) is 2.91. The standard InChI is InChI=1S/C4H9NO.ClH/c5-3-1-2-4-6;/h1-2,6H,3-5H2;1H/b2-1-;. The van der Waals surface area contributed by atoms with Crippen molar-refractivity contribution in [1.29, 1.82) is 0 Å². The first-order valence-corrected chi connectivity index (χ1v) is 1.87. The Balaban J connectivity index is 0. The van der Waals surface area contributed by atoms with Gasteiger partial charge in [-0.15, -0.1) is 12.4 Å². The molecule has 0 spiro atoms. The first-order valence-electron chi connectivity index (χ1n) is 1.87. The molecule has 0 heterocycles. The van der Waals surface area contributed by atoms with E-state index in [1.54, 1.807) is 12.2 Å². The summed E-state index contributed by atoms with van der Waals surface area (Å²) in [5.74, 6) is 0. The fraction of sp³-hybridized carbons (Fsp3) is 0.500. The summed E-state index contributed by atoms with van der Waals surface area (Å²) in [4.78, 5) is 0. The van der Waals surface area contributed by atoms with Crippen molar-refractivity contribution in [3.05, 3.63) is 12.2 Å². The Morgan fingerprint density at radius 3 is 2.14 bits per heavy atom. The molecule has 0 fully saturated rings. The van der Waals surface area contributed by atoms with Gasteiger partial charge in [0.1, 0.15) is 0 Å². The van der Waals surface area contributed by atoms with E-state index in [2.05, 4.69) is 0 Å². The highest BCUT2D eigenvalue weighted by molar-refractivity contribution is 5.85. The van der Waals surface area contributed by atoms with E-state index < -0.39 is 0 Å². The van der Waals surface area contributed by atoms with Gasteiger partial charge in [0.05, 0.1) is 6.61 Å². The van der Waals surface area contributed by atoms with Gasteiger partial charge in [0.2, 0.25) is 0 Å². The van der Waals surface area contributed by atoms with Crippen molar-refractivity contribution in [3.8, 4) is 0 Å². The van der Waals surface area contributed by atoms with Gasteiger partial charge < -0.3 is 10.8 Å². The van der Waals surface area contributed by atoms with Crippen LogP contribution in [0.3, 0.4) is 0 Å². The van der Waals surface area contributed by atoms with Crippen LogP contribution in [-0.4, -0.2) is 18.3 Å². The van der Waals surface area contributed by atoms with Crippen molar-refractivity contribution in [2.24, 2.45) is 5.73 Å². The number of aliphatic hydroxyl groups is 1. The van der Waals surface area contributed by atoms with E-state index in [0.29, 0.717) is 6.54 Å². The number of halogens is 1. The fourth-order valence-corrected chi connectivity index (χ4v) is 0.171. The third-order valence-corrected chi connectivity index (χ3v) is 0.408. The largest absolute Gasteiger partial charge is 0.392 e. The molecule has 0 saturated carbocycles. The molecule has 0 aliphatic carbocycles. The van der Waals surface area contributed by atoms with Crippen molar-refractivity contribution in [1.82, 2.24) is 0 Å². The molecule has 0 aromatic rings. The lowest BCUT2D eigenvalue weighted by atomic mass is 10.5. The van der Waals surface area contributed by atoms with Gasteiger partial charge in [0.25, 0.3) is 0 Å². The van der Waals surface area contributed by atoms with Gasteiger partial charge in [-0.3, -0.25) is 0 Å². The zero-order valence-electron chi connectivity index (χ0n) is 4.00. The molecule has 0 atom stereocenters. The average Bonchev–Trinajstić information content (AvgIpc) is 1.61. The van der Waals surface area contributed by atoms with E-state index in [4.69, 9.17) is 10.8 Å². The van der Waals surface area contributed by atoms with Crippen LogP contribution in [0.1, 0.15) is 0 Å². The maximum atomic E-state index is 8.06. The van der Waals surface area contributed by atoms with Gasteiger partial charge in [-0.1, -0.05) is 12.2 Å². The number of hydrogen-bond acceptors (Lipinski definition) is 2. The Morgan fingerprint density at radius 1 is 1.43 bits per heavy atom. The summed E-state index contributed by atoms with van der Waals surface area (Å²) in [5, 5.41) is 8.06. The molecule has 0 aromatic heterocycles. The second-order valence-corrected chi connectivity index (χ2v) is 0.890. The van der Waals surface area contributed by atoms with Crippen molar-refractivity contribution in [2.75, 3.05) is 13.2 Å². The quantitative estimate of drug-likeness (QED) is 0.505. The highest BCUT2D eigenvalue weighted by Crippen LogP contribution is 1.61. The molecular formula is C4H10ClNO. The molecule has 0 aliphatic rings. The van der Waals surface area contributed by atoms with Gasteiger partial charge in [0, 0.05) is 6.54 Å². The van der Waals surface area contributed by atoms with Crippen LogP contribution in [-0.2, 0) is 0 Å². The zero-order valence-corrected chi connectivity index (χ0v) is 4.82. The van der Waals surface area contributed by atoms with Crippen LogP contribution in [0.5, 0.6) is 0 Å². The lowest BCUT2D eigenvalue weighted by Crippen LogP contribution is -1.92. The molecule has 0 rings (SSSR count). The predicted octanol–water partition coefficient (Wildman–Crippen LogP) is -0.0846. The molecule has 0 aromatic carbocycles. The van der Waals surface area contributed by atoms with Crippen LogP contribution >= 0.6 is 12.4 Å². The third kappa shape index (κ3) is 10.7. The van der Waals surface area contributed by atoms with Crippen LogP contribution in [0.25, 0.3) is 0 Å². The Morgan fingerprint density at radius 2 is 2.00 bits per heavy atom. The third-order valence-electron chi connectivity index (χ3n) is 0.408. The molecule has 0 radical (unpaired) electrons. The molecule has 3 heteroatoms. The molecule has 44 valence electrons. The Bertz CT molecular complexity index is 41.0. The fourth-order valence-electron chi connectivity index (χ4n) is 0.171. The predicted molar refractivity (Wildman–Crippen MR) is 32.5 cm³/mol. The molecule has 2 nitrogen and oxygen atoms in total. The highest BCUT2D eigenvalue weighted by Gasteiger charge is 1.60. The molecule has 3 N–H and O–H groups in total.